The normalized spacial score (nSPS) is 10.1. The van der Waals surface area contributed by atoms with E-state index in [-0.39, 0.29) is 12.5 Å². The highest BCUT2D eigenvalue weighted by Crippen LogP contribution is 2.10. The summed E-state index contributed by atoms with van der Waals surface area (Å²) < 4.78 is 0. The summed E-state index contributed by atoms with van der Waals surface area (Å²) in [5.74, 6) is -0.117. The van der Waals surface area contributed by atoms with Crippen LogP contribution in [0.15, 0.2) is 18.2 Å². The van der Waals surface area contributed by atoms with Gasteiger partial charge in [0.15, 0.2) is 0 Å². The summed E-state index contributed by atoms with van der Waals surface area (Å²) in [5, 5.41) is 11.4. The molecule has 0 fully saturated rings. The van der Waals surface area contributed by atoms with Crippen molar-refractivity contribution in [2.75, 3.05) is 18.9 Å². The van der Waals surface area contributed by atoms with Gasteiger partial charge in [-0.15, -0.1) is 0 Å². The number of unbranched alkanes of at least 4 members (excludes halogenated alkanes) is 1. The highest BCUT2D eigenvalue weighted by molar-refractivity contribution is 5.95. The molecule has 88 valence electrons. The number of hydrogen-bond acceptors (Lipinski definition) is 3. The predicted molar refractivity (Wildman–Crippen MR) is 64.2 cm³/mol. The molecule has 0 unspecified atom stereocenters. The highest BCUT2D eigenvalue weighted by atomic mass is 16.2. The lowest BCUT2D eigenvalue weighted by atomic mass is 10.1. The Kier molecular flexibility index (Phi) is 4.79. The second-order valence-corrected chi connectivity index (χ2v) is 3.82. The largest absolute Gasteiger partial charge is 0.399 e. The third-order valence-corrected chi connectivity index (χ3v) is 2.23. The van der Waals surface area contributed by atoms with Crippen LogP contribution in [0.4, 0.5) is 5.69 Å². The molecule has 0 aliphatic heterocycles. The van der Waals surface area contributed by atoms with Crippen molar-refractivity contribution in [2.24, 2.45) is 0 Å². The average molecular weight is 222 g/mol. The van der Waals surface area contributed by atoms with E-state index in [1.807, 2.05) is 13.0 Å². The second kappa shape index (κ2) is 6.12. The van der Waals surface area contributed by atoms with Crippen molar-refractivity contribution >= 4 is 11.6 Å². The number of nitrogens with one attached hydrogen (secondary N) is 1. The Morgan fingerprint density at radius 1 is 1.38 bits per heavy atom. The number of anilines is 1. The number of benzene rings is 1. The first-order chi connectivity index (χ1) is 7.63. The molecule has 1 aromatic rings. The van der Waals surface area contributed by atoms with Crippen LogP contribution in [0, 0.1) is 6.92 Å². The van der Waals surface area contributed by atoms with Crippen molar-refractivity contribution in [1.29, 1.82) is 0 Å². The fourth-order valence-corrected chi connectivity index (χ4v) is 1.48. The summed E-state index contributed by atoms with van der Waals surface area (Å²) >= 11 is 0. The number of rotatable bonds is 5. The molecule has 0 saturated heterocycles. The first-order valence-electron chi connectivity index (χ1n) is 5.39. The van der Waals surface area contributed by atoms with Crippen molar-refractivity contribution in [3.63, 3.8) is 0 Å². The summed E-state index contributed by atoms with van der Waals surface area (Å²) in [7, 11) is 0. The molecular weight excluding hydrogens is 204 g/mol. The summed E-state index contributed by atoms with van der Waals surface area (Å²) in [6.07, 6.45) is 1.49. The number of nitrogen functional groups attached to an aromatic ring is 1. The first-order valence-corrected chi connectivity index (χ1v) is 5.39. The van der Waals surface area contributed by atoms with Crippen LogP contribution in [-0.2, 0) is 0 Å². The maximum atomic E-state index is 11.7. The third-order valence-electron chi connectivity index (χ3n) is 2.23. The molecule has 0 saturated carbocycles. The lowest BCUT2D eigenvalue weighted by Crippen LogP contribution is -2.24. The number of hydrogen-bond donors (Lipinski definition) is 3. The quantitative estimate of drug-likeness (QED) is 0.515. The second-order valence-electron chi connectivity index (χ2n) is 3.82. The van der Waals surface area contributed by atoms with Crippen LogP contribution in [-0.4, -0.2) is 24.2 Å². The van der Waals surface area contributed by atoms with Crippen molar-refractivity contribution < 1.29 is 9.90 Å². The SMILES string of the molecule is Cc1cc(N)cc(C(=O)NCCCCO)c1. The van der Waals surface area contributed by atoms with Crippen molar-refractivity contribution in [1.82, 2.24) is 5.32 Å². The molecule has 0 aliphatic rings. The highest BCUT2D eigenvalue weighted by Gasteiger charge is 2.05. The van der Waals surface area contributed by atoms with E-state index < -0.39 is 0 Å². The van der Waals surface area contributed by atoms with E-state index >= 15 is 0 Å². The number of aliphatic hydroxyl groups is 1. The van der Waals surface area contributed by atoms with Crippen LogP contribution in [0.5, 0.6) is 0 Å². The zero-order valence-corrected chi connectivity index (χ0v) is 9.49. The van der Waals surface area contributed by atoms with Gasteiger partial charge in [-0.3, -0.25) is 4.79 Å². The molecule has 0 aromatic heterocycles. The van der Waals surface area contributed by atoms with Gasteiger partial charge in [-0.25, -0.2) is 0 Å². The monoisotopic (exact) mass is 222 g/mol. The molecule has 4 nitrogen and oxygen atoms in total. The Morgan fingerprint density at radius 2 is 2.12 bits per heavy atom. The van der Waals surface area contributed by atoms with Crippen molar-refractivity contribution in [2.45, 2.75) is 19.8 Å². The fourth-order valence-electron chi connectivity index (χ4n) is 1.48. The zero-order chi connectivity index (χ0) is 12.0. The number of nitrogens with two attached hydrogens (primary N) is 1. The van der Waals surface area contributed by atoms with Gasteiger partial charge in [0, 0.05) is 24.4 Å². The van der Waals surface area contributed by atoms with Crippen LogP contribution < -0.4 is 11.1 Å². The van der Waals surface area contributed by atoms with Crippen LogP contribution >= 0.6 is 0 Å². The fraction of sp³-hybridized carbons (Fsp3) is 0.417. The van der Waals surface area contributed by atoms with E-state index in [4.69, 9.17) is 10.8 Å². The van der Waals surface area contributed by atoms with Crippen LogP contribution in [0.3, 0.4) is 0 Å². The van der Waals surface area contributed by atoms with Gasteiger partial charge >= 0.3 is 0 Å². The molecule has 0 radical (unpaired) electrons. The molecular formula is C12H18N2O2. The van der Waals surface area contributed by atoms with Gasteiger partial charge in [0.25, 0.3) is 5.91 Å². The van der Waals surface area contributed by atoms with Gasteiger partial charge in [-0.2, -0.15) is 0 Å². The minimum atomic E-state index is -0.117. The number of aryl methyl sites for hydroxylation is 1. The Hall–Kier alpha value is -1.55. The van der Waals surface area contributed by atoms with Gasteiger partial charge < -0.3 is 16.2 Å². The van der Waals surface area contributed by atoms with Crippen LogP contribution in [0.1, 0.15) is 28.8 Å². The summed E-state index contributed by atoms with van der Waals surface area (Å²) in [4.78, 5) is 11.7. The Balaban J connectivity index is 2.52. The summed E-state index contributed by atoms with van der Waals surface area (Å²) in [5.41, 5.74) is 7.82. The topological polar surface area (TPSA) is 75.4 Å². The molecule has 1 amide bonds. The zero-order valence-electron chi connectivity index (χ0n) is 9.49. The molecule has 0 bridgehead atoms. The summed E-state index contributed by atoms with van der Waals surface area (Å²) in [6.45, 7) is 2.64. The van der Waals surface area contributed by atoms with Gasteiger partial charge in [0.2, 0.25) is 0 Å². The van der Waals surface area contributed by atoms with E-state index in [0.29, 0.717) is 24.2 Å². The number of aliphatic hydroxyl groups excluding tert-OH is 1. The van der Waals surface area contributed by atoms with Gasteiger partial charge in [0.05, 0.1) is 0 Å². The van der Waals surface area contributed by atoms with Gasteiger partial charge in [-0.05, 0) is 43.5 Å². The van der Waals surface area contributed by atoms with E-state index in [2.05, 4.69) is 5.32 Å². The molecule has 0 atom stereocenters. The number of carbonyl (C=O) groups is 1. The maximum absolute atomic E-state index is 11.7. The van der Waals surface area contributed by atoms with Gasteiger partial charge in [0.1, 0.15) is 0 Å². The first kappa shape index (κ1) is 12.5. The Morgan fingerprint density at radius 3 is 2.75 bits per heavy atom. The summed E-state index contributed by atoms with van der Waals surface area (Å²) in [6, 6.07) is 5.29. The minimum absolute atomic E-state index is 0.117. The lowest BCUT2D eigenvalue weighted by molar-refractivity contribution is 0.0952. The van der Waals surface area contributed by atoms with E-state index in [1.165, 1.54) is 0 Å². The molecule has 0 aliphatic carbocycles. The Labute approximate surface area is 95.5 Å². The van der Waals surface area contributed by atoms with Crippen LogP contribution in [0.2, 0.25) is 0 Å². The minimum Gasteiger partial charge on any atom is -0.399 e. The molecule has 1 aromatic carbocycles. The Bertz CT molecular complexity index is 344. The molecule has 4 N–H and O–H groups in total. The number of carbonyl (C=O) groups excluding carboxylic acids is 1. The molecule has 0 spiro atoms. The third kappa shape index (κ3) is 3.90. The predicted octanol–water partition coefficient (Wildman–Crippen LogP) is 1.08. The molecule has 16 heavy (non-hydrogen) atoms. The van der Waals surface area contributed by atoms with E-state index in [0.717, 1.165) is 12.0 Å². The van der Waals surface area contributed by atoms with Crippen LogP contribution in [0.25, 0.3) is 0 Å². The van der Waals surface area contributed by atoms with E-state index in [9.17, 15) is 4.79 Å². The van der Waals surface area contributed by atoms with Crippen molar-refractivity contribution in [3.05, 3.63) is 29.3 Å². The molecule has 0 heterocycles. The lowest BCUT2D eigenvalue weighted by Gasteiger charge is -2.06. The molecule has 4 heteroatoms. The number of amides is 1. The van der Waals surface area contributed by atoms with Gasteiger partial charge in [-0.1, -0.05) is 0 Å². The van der Waals surface area contributed by atoms with Crippen molar-refractivity contribution in [3.8, 4) is 0 Å². The maximum Gasteiger partial charge on any atom is 0.251 e. The van der Waals surface area contributed by atoms with E-state index in [1.54, 1.807) is 12.1 Å². The smallest absolute Gasteiger partial charge is 0.251 e. The standard InChI is InChI=1S/C12H18N2O2/c1-9-6-10(8-11(13)7-9)12(16)14-4-2-3-5-15/h6-8,15H,2-5,13H2,1H3,(H,14,16). The average Bonchev–Trinajstić information content (AvgIpc) is 2.22. The molecule has 1 rings (SSSR count).